The van der Waals surface area contributed by atoms with Crippen molar-refractivity contribution in [2.75, 3.05) is 0 Å². The third-order valence-electron chi connectivity index (χ3n) is 3.69. The van der Waals surface area contributed by atoms with Gasteiger partial charge in [-0.1, -0.05) is 12.1 Å². The van der Waals surface area contributed by atoms with Gasteiger partial charge in [0.15, 0.2) is 0 Å². The molecule has 0 aliphatic heterocycles. The molecule has 0 fully saturated rings. The van der Waals surface area contributed by atoms with Gasteiger partial charge < -0.3 is 15.0 Å². The third-order valence-corrected chi connectivity index (χ3v) is 3.69. The molecule has 5 heteroatoms. The highest BCUT2D eigenvalue weighted by molar-refractivity contribution is 5.94. The highest BCUT2D eigenvalue weighted by Gasteiger charge is 2.06. The van der Waals surface area contributed by atoms with Crippen molar-refractivity contribution in [1.29, 1.82) is 0 Å². The van der Waals surface area contributed by atoms with Crippen molar-refractivity contribution < 1.29 is 14.7 Å². The number of amides is 1. The van der Waals surface area contributed by atoms with Crippen molar-refractivity contribution in [3.8, 4) is 5.69 Å². The van der Waals surface area contributed by atoms with Crippen LogP contribution in [0.25, 0.3) is 5.69 Å². The molecule has 1 amide bonds. The summed E-state index contributed by atoms with van der Waals surface area (Å²) in [6.07, 6.45) is 3.88. The average Bonchev–Trinajstić information content (AvgIpc) is 3.15. The summed E-state index contributed by atoms with van der Waals surface area (Å²) in [5.41, 5.74) is 2.64. The normalized spacial score (nSPS) is 10.3. The fourth-order valence-corrected chi connectivity index (χ4v) is 2.34. The summed E-state index contributed by atoms with van der Waals surface area (Å²) < 4.78 is 1.96. The van der Waals surface area contributed by atoms with Gasteiger partial charge in [-0.3, -0.25) is 4.79 Å². The van der Waals surface area contributed by atoms with Gasteiger partial charge in [0.05, 0.1) is 5.56 Å². The van der Waals surface area contributed by atoms with Crippen LogP contribution >= 0.6 is 0 Å². The van der Waals surface area contributed by atoms with Crippen LogP contribution in [0.5, 0.6) is 0 Å². The van der Waals surface area contributed by atoms with Crippen LogP contribution in [0.4, 0.5) is 0 Å². The average molecular weight is 320 g/mol. The number of rotatable bonds is 5. The highest BCUT2D eigenvalue weighted by Crippen LogP contribution is 2.10. The van der Waals surface area contributed by atoms with Crippen molar-refractivity contribution in [2.24, 2.45) is 0 Å². The Labute approximate surface area is 139 Å². The molecule has 1 heterocycles. The Hall–Kier alpha value is -3.34. The van der Waals surface area contributed by atoms with E-state index in [0.717, 1.165) is 11.3 Å². The molecule has 2 N–H and O–H groups in total. The maximum Gasteiger partial charge on any atom is 0.335 e. The lowest BCUT2D eigenvalue weighted by atomic mass is 10.1. The van der Waals surface area contributed by atoms with E-state index >= 15 is 0 Å². The molecule has 0 aliphatic rings. The number of carboxylic acid groups (broad SMARTS) is 1. The second-order valence-electron chi connectivity index (χ2n) is 5.32. The van der Waals surface area contributed by atoms with Crippen LogP contribution in [0, 0.1) is 0 Å². The summed E-state index contributed by atoms with van der Waals surface area (Å²) in [5, 5.41) is 11.7. The molecule has 120 valence electrons. The van der Waals surface area contributed by atoms with Gasteiger partial charge in [0.25, 0.3) is 5.91 Å². The molecule has 0 aliphatic carbocycles. The van der Waals surface area contributed by atoms with E-state index in [0.29, 0.717) is 12.1 Å². The number of benzene rings is 2. The molecular formula is C19H16N2O3. The molecule has 0 unspecified atom stereocenters. The second-order valence-corrected chi connectivity index (χ2v) is 5.32. The predicted molar refractivity (Wildman–Crippen MR) is 90.3 cm³/mol. The summed E-state index contributed by atoms with van der Waals surface area (Å²) in [7, 11) is 0. The number of carbonyl (C=O) groups excluding carboxylic acids is 1. The summed E-state index contributed by atoms with van der Waals surface area (Å²) in [5.74, 6) is -1.13. The number of hydrogen-bond acceptors (Lipinski definition) is 2. The van der Waals surface area contributed by atoms with Crippen LogP contribution in [0.15, 0.2) is 73.1 Å². The second kappa shape index (κ2) is 6.83. The maximum atomic E-state index is 12.2. The van der Waals surface area contributed by atoms with Crippen molar-refractivity contribution in [2.45, 2.75) is 6.54 Å². The molecule has 0 radical (unpaired) electrons. The first-order valence-corrected chi connectivity index (χ1v) is 7.47. The lowest BCUT2D eigenvalue weighted by Gasteiger charge is -2.07. The Bertz CT molecular complexity index is 835. The van der Waals surface area contributed by atoms with Gasteiger partial charge in [0.2, 0.25) is 0 Å². The molecule has 2 aromatic carbocycles. The molecule has 3 aromatic rings. The number of carbonyl (C=O) groups is 2. The van der Waals surface area contributed by atoms with Crippen LogP contribution in [-0.2, 0) is 6.54 Å². The van der Waals surface area contributed by atoms with Crippen LogP contribution < -0.4 is 5.32 Å². The lowest BCUT2D eigenvalue weighted by Crippen LogP contribution is -2.22. The molecule has 0 bridgehead atoms. The quantitative estimate of drug-likeness (QED) is 0.759. The van der Waals surface area contributed by atoms with E-state index < -0.39 is 5.97 Å². The Morgan fingerprint density at radius 3 is 2.04 bits per heavy atom. The zero-order chi connectivity index (χ0) is 16.9. The number of nitrogens with one attached hydrogen (secondary N) is 1. The molecule has 24 heavy (non-hydrogen) atoms. The molecule has 0 saturated heterocycles. The van der Waals surface area contributed by atoms with Gasteiger partial charge in [0, 0.05) is 30.2 Å². The van der Waals surface area contributed by atoms with Crippen molar-refractivity contribution >= 4 is 11.9 Å². The Balaban J connectivity index is 1.61. The fourth-order valence-electron chi connectivity index (χ4n) is 2.34. The standard InChI is InChI=1S/C19H16N2O3/c22-18(20-13-14-3-5-16(6-4-14)19(23)24)15-7-9-17(10-8-15)21-11-1-2-12-21/h1-12H,13H2,(H,20,22)(H,23,24). The molecule has 0 spiro atoms. The third kappa shape index (κ3) is 3.52. The summed E-state index contributed by atoms with van der Waals surface area (Å²) in [6.45, 7) is 0.345. The first kappa shape index (κ1) is 15.6. The van der Waals surface area contributed by atoms with E-state index in [2.05, 4.69) is 5.32 Å². The number of nitrogens with zero attached hydrogens (tertiary/aromatic N) is 1. The van der Waals surface area contributed by atoms with E-state index in [1.54, 1.807) is 24.3 Å². The first-order valence-electron chi connectivity index (χ1n) is 7.47. The van der Waals surface area contributed by atoms with Gasteiger partial charge in [-0.25, -0.2) is 4.79 Å². The minimum Gasteiger partial charge on any atom is -0.478 e. The van der Waals surface area contributed by atoms with E-state index in [-0.39, 0.29) is 11.5 Å². The van der Waals surface area contributed by atoms with Crippen molar-refractivity contribution in [3.63, 3.8) is 0 Å². The van der Waals surface area contributed by atoms with Gasteiger partial charge >= 0.3 is 5.97 Å². The van der Waals surface area contributed by atoms with Crippen molar-refractivity contribution in [1.82, 2.24) is 9.88 Å². The Morgan fingerprint density at radius 1 is 0.875 bits per heavy atom. The molecule has 5 nitrogen and oxygen atoms in total. The molecular weight excluding hydrogens is 304 g/mol. The lowest BCUT2D eigenvalue weighted by molar-refractivity contribution is 0.0696. The minimum atomic E-state index is -0.964. The monoisotopic (exact) mass is 320 g/mol. The number of aromatic nitrogens is 1. The summed E-state index contributed by atoms with van der Waals surface area (Å²) in [6, 6.07) is 17.6. The van der Waals surface area contributed by atoms with E-state index in [1.807, 2.05) is 41.2 Å². The van der Waals surface area contributed by atoms with Crippen LogP contribution in [0.1, 0.15) is 26.3 Å². The van der Waals surface area contributed by atoms with Gasteiger partial charge in [-0.2, -0.15) is 0 Å². The topological polar surface area (TPSA) is 71.3 Å². The largest absolute Gasteiger partial charge is 0.478 e. The molecule has 3 rings (SSSR count). The smallest absolute Gasteiger partial charge is 0.335 e. The van der Waals surface area contributed by atoms with Gasteiger partial charge in [0.1, 0.15) is 0 Å². The zero-order valence-electron chi connectivity index (χ0n) is 12.8. The Kier molecular flexibility index (Phi) is 4.43. The van der Waals surface area contributed by atoms with E-state index in [1.165, 1.54) is 12.1 Å². The van der Waals surface area contributed by atoms with E-state index in [4.69, 9.17) is 5.11 Å². The molecule has 0 atom stereocenters. The zero-order valence-corrected chi connectivity index (χ0v) is 12.8. The molecule has 1 aromatic heterocycles. The molecule has 0 saturated carbocycles. The number of carboxylic acids is 1. The number of hydrogen-bond donors (Lipinski definition) is 2. The Morgan fingerprint density at radius 2 is 1.46 bits per heavy atom. The van der Waals surface area contributed by atoms with Crippen molar-refractivity contribution in [3.05, 3.63) is 89.7 Å². The van der Waals surface area contributed by atoms with Crippen LogP contribution in [0.2, 0.25) is 0 Å². The number of aromatic carboxylic acids is 1. The summed E-state index contributed by atoms with van der Waals surface area (Å²) >= 11 is 0. The fraction of sp³-hybridized carbons (Fsp3) is 0.0526. The minimum absolute atomic E-state index is 0.170. The maximum absolute atomic E-state index is 12.2. The van der Waals surface area contributed by atoms with Crippen LogP contribution in [-0.4, -0.2) is 21.6 Å². The highest BCUT2D eigenvalue weighted by atomic mass is 16.4. The van der Waals surface area contributed by atoms with Gasteiger partial charge in [-0.15, -0.1) is 0 Å². The van der Waals surface area contributed by atoms with Gasteiger partial charge in [-0.05, 0) is 54.1 Å². The first-order chi connectivity index (χ1) is 11.6. The predicted octanol–water partition coefficient (Wildman–Crippen LogP) is 3.11. The summed E-state index contributed by atoms with van der Waals surface area (Å²) in [4.78, 5) is 23.0. The van der Waals surface area contributed by atoms with Crippen LogP contribution in [0.3, 0.4) is 0 Å². The SMILES string of the molecule is O=C(O)c1ccc(CNC(=O)c2ccc(-n3cccc3)cc2)cc1. The van der Waals surface area contributed by atoms with E-state index in [9.17, 15) is 9.59 Å².